The molecule has 4 nitrogen and oxygen atoms in total. The summed E-state index contributed by atoms with van der Waals surface area (Å²) < 4.78 is 0. The number of hydrogen-bond donors (Lipinski definition) is 1. The summed E-state index contributed by atoms with van der Waals surface area (Å²) >= 11 is 0. The van der Waals surface area contributed by atoms with Gasteiger partial charge in [-0.1, -0.05) is 13.8 Å². The van der Waals surface area contributed by atoms with Gasteiger partial charge in [-0.05, 0) is 18.3 Å². The molecule has 13 heavy (non-hydrogen) atoms. The lowest BCUT2D eigenvalue weighted by atomic mass is 9.77. The van der Waals surface area contributed by atoms with Crippen LogP contribution in [0.4, 0.5) is 4.79 Å². The van der Waals surface area contributed by atoms with Crippen LogP contribution in [0.1, 0.15) is 26.7 Å². The Morgan fingerprint density at radius 3 is 2.77 bits per heavy atom. The molecule has 2 saturated heterocycles. The molecule has 1 atom stereocenters. The zero-order valence-electron chi connectivity index (χ0n) is 7.96. The van der Waals surface area contributed by atoms with Crippen LogP contribution in [-0.2, 0) is 4.79 Å². The Morgan fingerprint density at radius 2 is 2.15 bits per heavy atom. The zero-order chi connectivity index (χ0) is 9.64. The van der Waals surface area contributed by atoms with Crippen LogP contribution < -0.4 is 5.32 Å². The van der Waals surface area contributed by atoms with E-state index in [0.717, 1.165) is 12.8 Å². The molecule has 0 bridgehead atoms. The number of rotatable bonds is 0. The van der Waals surface area contributed by atoms with Crippen molar-refractivity contribution in [2.45, 2.75) is 32.7 Å². The first-order chi connectivity index (χ1) is 6.02. The fourth-order valence-electron chi connectivity index (χ4n) is 2.35. The van der Waals surface area contributed by atoms with Crippen molar-refractivity contribution in [3.8, 4) is 0 Å². The number of carbonyl (C=O) groups is 2. The lowest BCUT2D eigenvalue weighted by molar-refractivity contribution is -0.125. The third kappa shape index (κ3) is 1.12. The van der Waals surface area contributed by atoms with Gasteiger partial charge < -0.3 is 4.90 Å². The van der Waals surface area contributed by atoms with Crippen molar-refractivity contribution >= 4 is 11.9 Å². The second-order valence-corrected chi connectivity index (χ2v) is 4.48. The summed E-state index contributed by atoms with van der Waals surface area (Å²) in [4.78, 5) is 24.4. The fourth-order valence-corrected chi connectivity index (χ4v) is 2.35. The fraction of sp³-hybridized carbons (Fsp3) is 0.778. The smallest absolute Gasteiger partial charge is 0.312 e. The van der Waals surface area contributed by atoms with E-state index >= 15 is 0 Å². The monoisotopic (exact) mass is 182 g/mol. The molecule has 0 aromatic carbocycles. The van der Waals surface area contributed by atoms with Gasteiger partial charge in [-0.15, -0.1) is 0 Å². The van der Waals surface area contributed by atoms with Crippen LogP contribution in [0.25, 0.3) is 0 Å². The molecule has 1 N–H and O–H groups in total. The van der Waals surface area contributed by atoms with E-state index in [1.165, 1.54) is 0 Å². The van der Waals surface area contributed by atoms with Crippen molar-refractivity contribution < 1.29 is 9.59 Å². The van der Waals surface area contributed by atoms with E-state index in [-0.39, 0.29) is 23.4 Å². The molecule has 0 aromatic heterocycles. The van der Waals surface area contributed by atoms with E-state index in [2.05, 4.69) is 5.32 Å². The number of nitrogens with zero attached hydrogens (tertiary/aromatic N) is 1. The number of fused-ring (bicyclic) bond motifs is 1. The summed E-state index contributed by atoms with van der Waals surface area (Å²) in [5.74, 6) is -0.130. The predicted molar refractivity (Wildman–Crippen MR) is 47.0 cm³/mol. The molecule has 1 unspecified atom stereocenters. The molecule has 0 saturated carbocycles. The summed E-state index contributed by atoms with van der Waals surface area (Å²) in [7, 11) is 0. The molecular weight excluding hydrogens is 168 g/mol. The Bertz CT molecular complexity index is 273. The van der Waals surface area contributed by atoms with E-state index in [1.807, 2.05) is 13.8 Å². The Labute approximate surface area is 77.3 Å². The van der Waals surface area contributed by atoms with Crippen LogP contribution in [0, 0.1) is 5.41 Å². The maximum Gasteiger partial charge on any atom is 0.324 e. The number of amides is 3. The van der Waals surface area contributed by atoms with Crippen molar-refractivity contribution in [1.29, 1.82) is 0 Å². The molecule has 2 aliphatic rings. The van der Waals surface area contributed by atoms with Crippen LogP contribution in [0.2, 0.25) is 0 Å². The molecule has 2 fully saturated rings. The number of piperidine rings is 1. The third-order valence-corrected chi connectivity index (χ3v) is 3.01. The average molecular weight is 182 g/mol. The number of urea groups is 1. The molecule has 2 heterocycles. The molecule has 3 amide bonds. The van der Waals surface area contributed by atoms with Crippen LogP contribution >= 0.6 is 0 Å². The van der Waals surface area contributed by atoms with Crippen molar-refractivity contribution in [3.63, 3.8) is 0 Å². The van der Waals surface area contributed by atoms with Gasteiger partial charge in [0.1, 0.15) is 6.04 Å². The lowest BCUT2D eigenvalue weighted by Gasteiger charge is -2.39. The SMILES string of the molecule is CC1(C)CCCN2C(=O)NC(=O)C21. The standard InChI is InChI=1S/C9H14N2O2/c1-9(2)4-3-5-11-6(9)7(12)10-8(11)13/h6H,3-5H2,1-2H3,(H,10,12,13). The van der Waals surface area contributed by atoms with E-state index in [1.54, 1.807) is 4.90 Å². The Kier molecular flexibility index (Phi) is 1.62. The minimum absolute atomic E-state index is 0.0749. The number of imide groups is 1. The van der Waals surface area contributed by atoms with Gasteiger partial charge in [0.15, 0.2) is 0 Å². The Morgan fingerprint density at radius 1 is 1.46 bits per heavy atom. The van der Waals surface area contributed by atoms with Gasteiger partial charge in [-0.2, -0.15) is 0 Å². The Balaban J connectivity index is 2.32. The highest BCUT2D eigenvalue weighted by Crippen LogP contribution is 2.37. The first kappa shape index (κ1) is 8.53. The first-order valence-corrected chi connectivity index (χ1v) is 4.64. The van der Waals surface area contributed by atoms with Gasteiger partial charge in [-0.3, -0.25) is 10.1 Å². The number of carbonyl (C=O) groups excluding carboxylic acids is 2. The van der Waals surface area contributed by atoms with Crippen LogP contribution in [0.15, 0.2) is 0 Å². The van der Waals surface area contributed by atoms with Crippen molar-refractivity contribution in [1.82, 2.24) is 10.2 Å². The predicted octanol–water partition coefficient (Wildman–Crippen LogP) is 0.727. The van der Waals surface area contributed by atoms with Crippen LogP contribution in [0.3, 0.4) is 0 Å². The van der Waals surface area contributed by atoms with Gasteiger partial charge in [0.2, 0.25) is 0 Å². The molecule has 4 heteroatoms. The summed E-state index contributed by atoms with van der Waals surface area (Å²) in [6.07, 6.45) is 2.00. The molecule has 2 rings (SSSR count). The summed E-state index contributed by atoms with van der Waals surface area (Å²) in [6.45, 7) is 4.80. The lowest BCUT2D eigenvalue weighted by Crippen LogP contribution is -2.49. The minimum Gasteiger partial charge on any atom is -0.312 e. The second kappa shape index (κ2) is 2.47. The van der Waals surface area contributed by atoms with Crippen LogP contribution in [-0.4, -0.2) is 29.4 Å². The third-order valence-electron chi connectivity index (χ3n) is 3.01. The highest BCUT2D eigenvalue weighted by atomic mass is 16.2. The van der Waals surface area contributed by atoms with Crippen molar-refractivity contribution in [2.24, 2.45) is 5.41 Å². The molecule has 0 radical (unpaired) electrons. The quantitative estimate of drug-likeness (QED) is 0.561. The summed E-state index contributed by atoms with van der Waals surface area (Å²) in [5.41, 5.74) is -0.0749. The van der Waals surface area contributed by atoms with E-state index in [4.69, 9.17) is 0 Å². The van der Waals surface area contributed by atoms with Gasteiger partial charge in [-0.25, -0.2) is 4.79 Å². The summed E-state index contributed by atoms with van der Waals surface area (Å²) in [5, 5.41) is 2.36. The average Bonchev–Trinajstić information content (AvgIpc) is 2.27. The minimum atomic E-state index is -0.242. The van der Waals surface area contributed by atoms with Crippen LogP contribution in [0.5, 0.6) is 0 Å². The van der Waals surface area contributed by atoms with Gasteiger partial charge in [0, 0.05) is 6.54 Å². The Hall–Kier alpha value is -1.06. The molecule has 0 aromatic rings. The van der Waals surface area contributed by atoms with Crippen molar-refractivity contribution in [2.75, 3.05) is 6.54 Å². The highest BCUT2D eigenvalue weighted by Gasteiger charge is 2.49. The van der Waals surface area contributed by atoms with Gasteiger partial charge >= 0.3 is 6.03 Å². The zero-order valence-corrected chi connectivity index (χ0v) is 7.96. The molecule has 0 aliphatic carbocycles. The first-order valence-electron chi connectivity index (χ1n) is 4.64. The van der Waals surface area contributed by atoms with Crippen molar-refractivity contribution in [3.05, 3.63) is 0 Å². The molecule has 2 aliphatic heterocycles. The maximum absolute atomic E-state index is 11.5. The normalized spacial score (nSPS) is 31.5. The molecule has 0 spiro atoms. The molecular formula is C9H14N2O2. The van der Waals surface area contributed by atoms with E-state index in [9.17, 15) is 9.59 Å². The van der Waals surface area contributed by atoms with E-state index in [0.29, 0.717) is 6.54 Å². The van der Waals surface area contributed by atoms with Gasteiger partial charge in [0.25, 0.3) is 5.91 Å². The topological polar surface area (TPSA) is 49.4 Å². The maximum atomic E-state index is 11.5. The van der Waals surface area contributed by atoms with E-state index < -0.39 is 0 Å². The summed E-state index contributed by atoms with van der Waals surface area (Å²) in [6, 6.07) is -0.462. The number of hydrogen-bond acceptors (Lipinski definition) is 2. The molecule has 72 valence electrons. The van der Waals surface area contributed by atoms with Gasteiger partial charge in [0.05, 0.1) is 0 Å². The largest absolute Gasteiger partial charge is 0.324 e. The number of nitrogens with one attached hydrogen (secondary N) is 1. The highest BCUT2D eigenvalue weighted by molar-refractivity contribution is 6.04. The second-order valence-electron chi connectivity index (χ2n) is 4.48.